The standard InChI is InChI=1S/C28H24N2O2S/c1-31-25-12-7-10-22(27(25)32-19-20-8-3-2-4-9-20)18-29-23-16-14-21(15-17-23)28-30-24-11-5-6-13-26(24)33-28/h2-17,29H,18-19H2,1H3. The van der Waals surface area contributed by atoms with E-state index in [0.29, 0.717) is 13.2 Å². The van der Waals surface area contributed by atoms with Gasteiger partial charge in [-0.1, -0.05) is 54.6 Å². The van der Waals surface area contributed by atoms with Crippen molar-refractivity contribution in [1.29, 1.82) is 0 Å². The second-order valence-electron chi connectivity index (χ2n) is 7.64. The molecule has 0 unspecified atom stereocenters. The number of para-hydroxylation sites is 2. The molecule has 0 atom stereocenters. The molecule has 164 valence electrons. The zero-order chi connectivity index (χ0) is 22.5. The molecular formula is C28H24N2O2S. The molecule has 4 aromatic carbocycles. The molecule has 0 saturated carbocycles. The zero-order valence-electron chi connectivity index (χ0n) is 18.3. The van der Waals surface area contributed by atoms with Gasteiger partial charge in [-0.15, -0.1) is 11.3 Å². The van der Waals surface area contributed by atoms with Crippen molar-refractivity contribution in [2.75, 3.05) is 12.4 Å². The quantitative estimate of drug-likeness (QED) is 0.271. The molecule has 1 N–H and O–H groups in total. The topological polar surface area (TPSA) is 43.4 Å². The Bertz CT molecular complexity index is 1310. The lowest BCUT2D eigenvalue weighted by atomic mass is 10.1. The number of nitrogens with one attached hydrogen (secondary N) is 1. The molecule has 0 fully saturated rings. The summed E-state index contributed by atoms with van der Waals surface area (Å²) in [6.07, 6.45) is 0. The van der Waals surface area contributed by atoms with Crippen LogP contribution in [0.5, 0.6) is 11.5 Å². The number of nitrogens with zero attached hydrogens (tertiary/aromatic N) is 1. The summed E-state index contributed by atoms with van der Waals surface area (Å²) in [5.74, 6) is 1.50. The first-order chi connectivity index (χ1) is 16.3. The minimum Gasteiger partial charge on any atom is -0.493 e. The van der Waals surface area contributed by atoms with E-state index in [1.165, 1.54) is 4.70 Å². The third kappa shape index (κ3) is 4.83. The average Bonchev–Trinajstić information content (AvgIpc) is 3.31. The van der Waals surface area contributed by atoms with Crippen molar-refractivity contribution < 1.29 is 9.47 Å². The molecule has 33 heavy (non-hydrogen) atoms. The monoisotopic (exact) mass is 452 g/mol. The summed E-state index contributed by atoms with van der Waals surface area (Å²) in [5.41, 5.74) is 5.36. The summed E-state index contributed by atoms with van der Waals surface area (Å²) in [6, 6.07) is 32.8. The molecular weight excluding hydrogens is 428 g/mol. The predicted octanol–water partition coefficient (Wildman–Crippen LogP) is 7.16. The van der Waals surface area contributed by atoms with Crippen LogP contribution in [0, 0.1) is 0 Å². The molecule has 0 radical (unpaired) electrons. The van der Waals surface area contributed by atoms with Gasteiger partial charge in [0.2, 0.25) is 0 Å². The van der Waals surface area contributed by atoms with Crippen LogP contribution in [-0.4, -0.2) is 12.1 Å². The van der Waals surface area contributed by atoms with Crippen LogP contribution in [0.2, 0.25) is 0 Å². The van der Waals surface area contributed by atoms with E-state index < -0.39 is 0 Å². The summed E-state index contributed by atoms with van der Waals surface area (Å²) in [7, 11) is 1.67. The summed E-state index contributed by atoms with van der Waals surface area (Å²) >= 11 is 1.71. The lowest BCUT2D eigenvalue weighted by Gasteiger charge is -2.16. The maximum Gasteiger partial charge on any atom is 0.166 e. The van der Waals surface area contributed by atoms with Crippen LogP contribution in [0.3, 0.4) is 0 Å². The fourth-order valence-corrected chi connectivity index (χ4v) is 4.65. The van der Waals surface area contributed by atoms with Crippen LogP contribution in [0.15, 0.2) is 97.1 Å². The van der Waals surface area contributed by atoms with Crippen molar-refractivity contribution in [2.24, 2.45) is 0 Å². The maximum atomic E-state index is 6.17. The summed E-state index contributed by atoms with van der Waals surface area (Å²) in [4.78, 5) is 4.75. The van der Waals surface area contributed by atoms with Gasteiger partial charge in [-0.25, -0.2) is 4.98 Å². The number of hydrogen-bond donors (Lipinski definition) is 1. The number of anilines is 1. The van der Waals surface area contributed by atoms with Crippen molar-refractivity contribution in [3.05, 3.63) is 108 Å². The third-order valence-corrected chi connectivity index (χ3v) is 6.50. The SMILES string of the molecule is COc1cccc(CNc2ccc(-c3nc4ccccc4s3)cc2)c1OCc1ccccc1. The fourth-order valence-electron chi connectivity index (χ4n) is 3.68. The van der Waals surface area contributed by atoms with Gasteiger partial charge in [0.15, 0.2) is 11.5 Å². The largest absolute Gasteiger partial charge is 0.493 e. The van der Waals surface area contributed by atoms with E-state index in [4.69, 9.17) is 14.5 Å². The van der Waals surface area contributed by atoms with E-state index in [0.717, 1.165) is 44.4 Å². The molecule has 4 nitrogen and oxygen atoms in total. The molecule has 0 bridgehead atoms. The van der Waals surface area contributed by atoms with Crippen molar-refractivity contribution in [3.8, 4) is 22.1 Å². The number of rotatable bonds is 8. The van der Waals surface area contributed by atoms with Gasteiger partial charge in [0, 0.05) is 23.4 Å². The number of aromatic nitrogens is 1. The smallest absolute Gasteiger partial charge is 0.166 e. The van der Waals surface area contributed by atoms with Gasteiger partial charge in [0.05, 0.1) is 17.3 Å². The highest BCUT2D eigenvalue weighted by atomic mass is 32.1. The molecule has 0 spiro atoms. The number of methoxy groups -OCH3 is 1. The molecule has 0 saturated heterocycles. The van der Waals surface area contributed by atoms with E-state index in [1.807, 2.05) is 42.5 Å². The minimum atomic E-state index is 0.491. The van der Waals surface area contributed by atoms with E-state index in [2.05, 4.69) is 59.9 Å². The number of ether oxygens (including phenoxy) is 2. The van der Waals surface area contributed by atoms with Crippen molar-refractivity contribution in [1.82, 2.24) is 4.98 Å². The number of fused-ring (bicyclic) bond motifs is 1. The van der Waals surface area contributed by atoms with E-state index in [1.54, 1.807) is 18.4 Å². The van der Waals surface area contributed by atoms with Crippen LogP contribution < -0.4 is 14.8 Å². The normalized spacial score (nSPS) is 10.8. The van der Waals surface area contributed by atoms with Crippen LogP contribution in [0.25, 0.3) is 20.8 Å². The van der Waals surface area contributed by atoms with Gasteiger partial charge >= 0.3 is 0 Å². The number of benzene rings is 4. The molecule has 1 aromatic heterocycles. The van der Waals surface area contributed by atoms with Crippen LogP contribution in [-0.2, 0) is 13.2 Å². The first-order valence-corrected chi connectivity index (χ1v) is 11.6. The molecule has 0 aliphatic carbocycles. The predicted molar refractivity (Wildman–Crippen MR) is 136 cm³/mol. The molecule has 0 aliphatic heterocycles. The Labute approximate surface area is 197 Å². The second kappa shape index (κ2) is 9.76. The molecule has 5 heteroatoms. The Kier molecular flexibility index (Phi) is 6.22. The van der Waals surface area contributed by atoms with Gasteiger partial charge < -0.3 is 14.8 Å². The second-order valence-corrected chi connectivity index (χ2v) is 8.67. The molecule has 5 rings (SSSR count). The molecule has 1 heterocycles. The van der Waals surface area contributed by atoms with E-state index >= 15 is 0 Å². The Morgan fingerprint density at radius 1 is 0.818 bits per heavy atom. The Morgan fingerprint density at radius 3 is 2.39 bits per heavy atom. The Hall–Kier alpha value is -3.83. The lowest BCUT2D eigenvalue weighted by molar-refractivity contribution is 0.281. The van der Waals surface area contributed by atoms with Crippen molar-refractivity contribution in [2.45, 2.75) is 13.2 Å². The van der Waals surface area contributed by atoms with Gasteiger partial charge in [0.25, 0.3) is 0 Å². The van der Waals surface area contributed by atoms with Gasteiger partial charge in [-0.05, 0) is 48.0 Å². The highest BCUT2D eigenvalue weighted by Crippen LogP contribution is 2.33. The highest BCUT2D eigenvalue weighted by molar-refractivity contribution is 7.21. The number of thiazole rings is 1. The fraction of sp³-hybridized carbons (Fsp3) is 0.107. The van der Waals surface area contributed by atoms with Gasteiger partial charge in [0.1, 0.15) is 11.6 Å². The van der Waals surface area contributed by atoms with Crippen LogP contribution in [0.4, 0.5) is 5.69 Å². The van der Waals surface area contributed by atoms with Crippen LogP contribution >= 0.6 is 11.3 Å². The lowest BCUT2D eigenvalue weighted by Crippen LogP contribution is -2.05. The summed E-state index contributed by atoms with van der Waals surface area (Å²) in [6.45, 7) is 1.12. The van der Waals surface area contributed by atoms with E-state index in [-0.39, 0.29) is 0 Å². The first kappa shape index (κ1) is 21.0. The highest BCUT2D eigenvalue weighted by Gasteiger charge is 2.11. The Morgan fingerprint density at radius 2 is 1.61 bits per heavy atom. The van der Waals surface area contributed by atoms with E-state index in [9.17, 15) is 0 Å². The summed E-state index contributed by atoms with van der Waals surface area (Å²) < 4.78 is 12.9. The zero-order valence-corrected chi connectivity index (χ0v) is 19.1. The van der Waals surface area contributed by atoms with Crippen molar-refractivity contribution in [3.63, 3.8) is 0 Å². The average molecular weight is 453 g/mol. The first-order valence-electron chi connectivity index (χ1n) is 10.8. The summed E-state index contributed by atoms with van der Waals surface area (Å²) in [5, 5.41) is 4.54. The number of hydrogen-bond acceptors (Lipinski definition) is 5. The molecule has 0 amide bonds. The third-order valence-electron chi connectivity index (χ3n) is 5.42. The van der Waals surface area contributed by atoms with Gasteiger partial charge in [-0.3, -0.25) is 0 Å². The van der Waals surface area contributed by atoms with Gasteiger partial charge in [-0.2, -0.15) is 0 Å². The minimum absolute atomic E-state index is 0.491. The van der Waals surface area contributed by atoms with Crippen LogP contribution in [0.1, 0.15) is 11.1 Å². The molecule has 0 aliphatic rings. The molecule has 5 aromatic rings. The maximum absolute atomic E-state index is 6.17. The van der Waals surface area contributed by atoms with Crippen molar-refractivity contribution >= 4 is 27.2 Å². The Balaban J connectivity index is 1.29.